The third-order valence-electron chi connectivity index (χ3n) is 3.96. The van der Waals surface area contributed by atoms with Crippen molar-refractivity contribution < 1.29 is 20.1 Å². The number of nitrogens with one attached hydrogen (secondary N) is 2. The molecular weight excluding hydrogens is 332 g/mol. The number of benzene rings is 1. The lowest BCUT2D eigenvalue weighted by Gasteiger charge is -2.10. The van der Waals surface area contributed by atoms with Crippen LogP contribution >= 0.6 is 0 Å². The Bertz CT molecular complexity index is 804. The highest BCUT2D eigenvalue weighted by atomic mass is 16.3. The van der Waals surface area contributed by atoms with E-state index in [4.69, 9.17) is 0 Å². The van der Waals surface area contributed by atoms with Gasteiger partial charge < -0.3 is 26.0 Å². The number of allylic oxidation sites excluding steroid dienone is 3. The third-order valence-corrected chi connectivity index (χ3v) is 3.96. The fourth-order valence-corrected chi connectivity index (χ4v) is 2.46. The normalized spacial score (nSPS) is 14.7. The highest BCUT2D eigenvalue weighted by molar-refractivity contribution is 5.97. The van der Waals surface area contributed by atoms with Gasteiger partial charge in [-0.2, -0.15) is 0 Å². The molecule has 1 amide bonds. The van der Waals surface area contributed by atoms with E-state index in [9.17, 15) is 20.1 Å². The second-order valence-corrected chi connectivity index (χ2v) is 6.15. The van der Waals surface area contributed by atoms with E-state index in [0.29, 0.717) is 13.0 Å². The summed E-state index contributed by atoms with van der Waals surface area (Å²) in [6.45, 7) is 4.20. The average molecular weight is 356 g/mol. The van der Waals surface area contributed by atoms with E-state index >= 15 is 0 Å². The third kappa shape index (κ3) is 5.17. The molecule has 0 saturated carbocycles. The molecule has 1 aliphatic carbocycles. The van der Waals surface area contributed by atoms with Crippen LogP contribution in [0, 0.1) is 6.92 Å². The van der Waals surface area contributed by atoms with Gasteiger partial charge in [0.2, 0.25) is 0 Å². The molecule has 1 aromatic carbocycles. The summed E-state index contributed by atoms with van der Waals surface area (Å²) in [5.74, 6) is -0.678. The van der Waals surface area contributed by atoms with Gasteiger partial charge in [-0.15, -0.1) is 0 Å². The molecule has 0 aromatic heterocycles. The Hall–Kier alpha value is -3.15. The SMILES string of the molecule is C/C(=C\Nc1ccc(O)cc1C)CCNC(=O)C1=C(O)CC=CC=C1O. The Morgan fingerprint density at radius 2 is 2.04 bits per heavy atom. The quantitative estimate of drug-likeness (QED) is 0.500. The lowest BCUT2D eigenvalue weighted by Crippen LogP contribution is -2.28. The van der Waals surface area contributed by atoms with E-state index in [1.165, 1.54) is 6.08 Å². The van der Waals surface area contributed by atoms with Gasteiger partial charge >= 0.3 is 0 Å². The van der Waals surface area contributed by atoms with Crippen molar-refractivity contribution in [1.29, 1.82) is 0 Å². The average Bonchev–Trinajstić information content (AvgIpc) is 2.74. The summed E-state index contributed by atoms with van der Waals surface area (Å²) in [6, 6.07) is 5.08. The Morgan fingerprint density at radius 1 is 1.27 bits per heavy atom. The van der Waals surface area contributed by atoms with Gasteiger partial charge in [0.15, 0.2) is 0 Å². The van der Waals surface area contributed by atoms with Gasteiger partial charge in [-0.1, -0.05) is 17.7 Å². The van der Waals surface area contributed by atoms with Crippen LogP contribution in [-0.2, 0) is 4.79 Å². The Kier molecular flexibility index (Phi) is 6.49. The zero-order valence-corrected chi connectivity index (χ0v) is 14.9. The van der Waals surface area contributed by atoms with Gasteiger partial charge in [-0.05, 0) is 56.3 Å². The first kappa shape index (κ1) is 19.2. The first-order valence-electron chi connectivity index (χ1n) is 8.36. The Labute approximate surface area is 152 Å². The molecule has 6 nitrogen and oxygen atoms in total. The van der Waals surface area contributed by atoms with Crippen LogP contribution in [0.25, 0.3) is 0 Å². The van der Waals surface area contributed by atoms with Gasteiger partial charge in [-0.3, -0.25) is 4.79 Å². The topological polar surface area (TPSA) is 102 Å². The number of carbonyl (C=O) groups excluding carboxylic acids is 1. The summed E-state index contributed by atoms with van der Waals surface area (Å²) in [5, 5.41) is 35.0. The first-order valence-corrected chi connectivity index (χ1v) is 8.36. The Balaban J connectivity index is 1.87. The minimum absolute atomic E-state index is 0.0884. The molecule has 0 heterocycles. The van der Waals surface area contributed by atoms with Crippen LogP contribution in [0.4, 0.5) is 5.69 Å². The molecule has 138 valence electrons. The smallest absolute Gasteiger partial charge is 0.258 e. The maximum absolute atomic E-state index is 12.2. The molecule has 0 radical (unpaired) electrons. The van der Waals surface area contributed by atoms with Crippen molar-refractivity contribution in [2.75, 3.05) is 11.9 Å². The van der Waals surface area contributed by atoms with E-state index in [0.717, 1.165) is 16.8 Å². The zero-order chi connectivity index (χ0) is 19.1. The molecule has 0 saturated heterocycles. The molecule has 6 heteroatoms. The fourth-order valence-electron chi connectivity index (χ4n) is 2.46. The standard InChI is InChI=1S/C20H24N2O4/c1-13(12-22-16-8-7-15(23)11-14(16)2)9-10-21-20(26)19-17(24)5-3-4-6-18(19)25/h3-5,7-8,11-12,22-25H,6,9-10H2,1-2H3,(H,21,26)/b13-12+. The number of aromatic hydroxyl groups is 1. The van der Waals surface area contributed by atoms with Crippen LogP contribution in [-0.4, -0.2) is 27.8 Å². The van der Waals surface area contributed by atoms with Gasteiger partial charge in [0.1, 0.15) is 22.8 Å². The van der Waals surface area contributed by atoms with Crippen LogP contribution in [0.3, 0.4) is 0 Å². The van der Waals surface area contributed by atoms with Crippen LogP contribution in [0.15, 0.2) is 65.3 Å². The maximum Gasteiger partial charge on any atom is 0.258 e. The largest absolute Gasteiger partial charge is 0.511 e. The predicted octanol–water partition coefficient (Wildman–Crippen LogP) is 3.74. The fraction of sp³-hybridized carbons (Fsp3) is 0.250. The van der Waals surface area contributed by atoms with Crippen LogP contribution < -0.4 is 10.6 Å². The summed E-state index contributed by atoms with van der Waals surface area (Å²) in [5.41, 5.74) is 2.74. The number of phenolic OH excluding ortho intramolecular Hbond substituents is 1. The number of rotatable bonds is 6. The van der Waals surface area contributed by atoms with E-state index in [1.54, 1.807) is 30.4 Å². The van der Waals surface area contributed by atoms with E-state index < -0.39 is 5.91 Å². The van der Waals surface area contributed by atoms with E-state index in [-0.39, 0.29) is 29.3 Å². The van der Waals surface area contributed by atoms with Crippen molar-refractivity contribution in [2.24, 2.45) is 0 Å². The molecule has 26 heavy (non-hydrogen) atoms. The van der Waals surface area contributed by atoms with Crippen molar-refractivity contribution in [3.63, 3.8) is 0 Å². The molecule has 5 N–H and O–H groups in total. The second kappa shape index (κ2) is 8.80. The minimum atomic E-state index is -0.505. The van der Waals surface area contributed by atoms with Crippen molar-refractivity contribution >= 4 is 11.6 Å². The van der Waals surface area contributed by atoms with Crippen molar-refractivity contribution in [1.82, 2.24) is 5.32 Å². The second-order valence-electron chi connectivity index (χ2n) is 6.15. The zero-order valence-electron chi connectivity index (χ0n) is 14.9. The lowest BCUT2D eigenvalue weighted by atomic mass is 10.1. The lowest BCUT2D eigenvalue weighted by molar-refractivity contribution is -0.117. The number of hydrogen-bond acceptors (Lipinski definition) is 5. The summed E-state index contributed by atoms with van der Waals surface area (Å²) < 4.78 is 0. The molecule has 0 unspecified atom stereocenters. The van der Waals surface area contributed by atoms with Crippen molar-refractivity contribution in [3.8, 4) is 5.75 Å². The number of amides is 1. The minimum Gasteiger partial charge on any atom is -0.511 e. The number of aryl methyl sites for hydroxylation is 1. The number of aliphatic hydroxyl groups is 2. The van der Waals surface area contributed by atoms with E-state index in [2.05, 4.69) is 10.6 Å². The number of anilines is 1. The molecular formula is C20H24N2O4. The summed E-state index contributed by atoms with van der Waals surface area (Å²) in [7, 11) is 0. The van der Waals surface area contributed by atoms with Crippen molar-refractivity contribution in [3.05, 3.63) is 70.9 Å². The molecule has 0 spiro atoms. The van der Waals surface area contributed by atoms with Gasteiger partial charge in [0.05, 0.1) is 0 Å². The van der Waals surface area contributed by atoms with Crippen molar-refractivity contribution in [2.45, 2.75) is 26.7 Å². The predicted molar refractivity (Wildman–Crippen MR) is 102 cm³/mol. The molecule has 2 rings (SSSR count). The van der Waals surface area contributed by atoms with E-state index in [1.807, 2.05) is 20.0 Å². The molecule has 1 aromatic rings. The maximum atomic E-state index is 12.2. The molecule has 0 fully saturated rings. The summed E-state index contributed by atoms with van der Waals surface area (Å²) in [4.78, 5) is 12.2. The number of carbonyl (C=O) groups is 1. The van der Waals surface area contributed by atoms with Gasteiger partial charge in [0.25, 0.3) is 5.91 Å². The molecule has 1 aliphatic rings. The molecule has 0 bridgehead atoms. The van der Waals surface area contributed by atoms with Crippen LogP contribution in [0.2, 0.25) is 0 Å². The molecule has 0 aliphatic heterocycles. The van der Waals surface area contributed by atoms with Crippen LogP contribution in [0.1, 0.15) is 25.3 Å². The first-order chi connectivity index (χ1) is 12.4. The highest BCUT2D eigenvalue weighted by Crippen LogP contribution is 2.20. The Morgan fingerprint density at radius 3 is 2.77 bits per heavy atom. The van der Waals surface area contributed by atoms with Gasteiger partial charge in [0, 0.05) is 18.7 Å². The number of hydrogen-bond donors (Lipinski definition) is 5. The summed E-state index contributed by atoms with van der Waals surface area (Å²) in [6.07, 6.45) is 7.29. The number of aliphatic hydroxyl groups excluding tert-OH is 2. The number of phenols is 1. The molecule has 0 atom stereocenters. The van der Waals surface area contributed by atoms with Crippen LogP contribution in [0.5, 0.6) is 5.75 Å². The monoisotopic (exact) mass is 356 g/mol. The van der Waals surface area contributed by atoms with Gasteiger partial charge in [-0.25, -0.2) is 0 Å². The highest BCUT2D eigenvalue weighted by Gasteiger charge is 2.19. The summed E-state index contributed by atoms with van der Waals surface area (Å²) >= 11 is 0.